The fourth-order valence-electron chi connectivity index (χ4n) is 3.52. The highest BCUT2D eigenvalue weighted by atomic mass is 35.5. The van der Waals surface area contributed by atoms with E-state index in [9.17, 15) is 4.79 Å². The highest BCUT2D eigenvalue weighted by molar-refractivity contribution is 6.35. The van der Waals surface area contributed by atoms with E-state index < -0.39 is 0 Å². The number of ether oxygens (including phenoxy) is 2. The van der Waals surface area contributed by atoms with Gasteiger partial charge in [-0.3, -0.25) is 9.69 Å². The van der Waals surface area contributed by atoms with Crippen molar-refractivity contribution in [2.75, 3.05) is 33.3 Å². The van der Waals surface area contributed by atoms with Crippen LogP contribution >= 0.6 is 23.2 Å². The molecular formula is C23H24Cl2N4O3. The first-order valence-electron chi connectivity index (χ1n) is 10.3. The topological polar surface area (TPSA) is 59.8 Å². The van der Waals surface area contributed by atoms with Crippen LogP contribution in [0.4, 0.5) is 0 Å². The van der Waals surface area contributed by atoms with Crippen LogP contribution in [-0.4, -0.2) is 58.8 Å². The molecule has 0 atom stereocenters. The maximum atomic E-state index is 12.9. The molecule has 0 aliphatic carbocycles. The van der Waals surface area contributed by atoms with Gasteiger partial charge in [-0.05, 0) is 48.0 Å². The van der Waals surface area contributed by atoms with Crippen LogP contribution in [0.25, 0.3) is 0 Å². The first-order chi connectivity index (χ1) is 15.5. The molecule has 0 bridgehead atoms. The predicted molar refractivity (Wildman–Crippen MR) is 123 cm³/mol. The second kappa shape index (κ2) is 10.3. The van der Waals surface area contributed by atoms with Crippen molar-refractivity contribution in [1.82, 2.24) is 19.6 Å². The fourth-order valence-corrected chi connectivity index (χ4v) is 3.99. The molecule has 0 radical (unpaired) electrons. The molecule has 1 amide bonds. The van der Waals surface area contributed by atoms with E-state index in [1.807, 2.05) is 41.3 Å². The molecule has 0 saturated carbocycles. The lowest BCUT2D eigenvalue weighted by atomic mass is 10.2. The zero-order valence-electron chi connectivity index (χ0n) is 17.7. The molecule has 1 fully saturated rings. The lowest BCUT2D eigenvalue weighted by Crippen LogP contribution is -2.48. The van der Waals surface area contributed by atoms with Gasteiger partial charge in [0, 0.05) is 49.0 Å². The summed E-state index contributed by atoms with van der Waals surface area (Å²) in [5, 5.41) is 5.67. The number of carbonyl (C=O) groups is 1. The molecule has 1 saturated heterocycles. The molecule has 2 heterocycles. The van der Waals surface area contributed by atoms with Gasteiger partial charge in [0.25, 0.3) is 5.91 Å². The second-order valence-electron chi connectivity index (χ2n) is 7.49. The van der Waals surface area contributed by atoms with Crippen molar-refractivity contribution >= 4 is 29.1 Å². The first kappa shape index (κ1) is 22.5. The largest absolute Gasteiger partial charge is 0.497 e. The number of methoxy groups -OCH3 is 1. The maximum absolute atomic E-state index is 12.9. The summed E-state index contributed by atoms with van der Waals surface area (Å²) < 4.78 is 12.5. The number of amides is 1. The molecule has 9 heteroatoms. The zero-order chi connectivity index (χ0) is 22.5. The third-order valence-electron chi connectivity index (χ3n) is 5.35. The standard InChI is InChI=1S/C23H24Cl2N4O3/c1-31-19-4-6-20(7-5-19)32-16-29-9-8-22(26-29)23(30)28-12-10-27(11-13-28)15-17-2-3-18(24)14-21(17)25/h2-9,14H,10-13,15-16H2,1H3. The SMILES string of the molecule is COc1ccc(OCn2ccc(C(=O)N3CCN(Cc4ccc(Cl)cc4Cl)CC3)n2)cc1. The molecule has 168 valence electrons. The van der Waals surface area contributed by atoms with E-state index in [1.54, 1.807) is 30.1 Å². The molecule has 4 rings (SSSR count). The van der Waals surface area contributed by atoms with E-state index in [1.165, 1.54) is 0 Å². The highest BCUT2D eigenvalue weighted by Crippen LogP contribution is 2.23. The van der Waals surface area contributed by atoms with Crippen LogP contribution in [0.3, 0.4) is 0 Å². The van der Waals surface area contributed by atoms with E-state index >= 15 is 0 Å². The van der Waals surface area contributed by atoms with Crippen molar-refractivity contribution in [3.05, 3.63) is 76.0 Å². The number of carbonyl (C=O) groups excluding carboxylic acids is 1. The molecule has 2 aromatic carbocycles. The summed E-state index contributed by atoms with van der Waals surface area (Å²) in [6.07, 6.45) is 1.75. The molecule has 0 spiro atoms. The minimum absolute atomic E-state index is 0.0719. The lowest BCUT2D eigenvalue weighted by Gasteiger charge is -2.34. The van der Waals surface area contributed by atoms with Crippen molar-refractivity contribution < 1.29 is 14.3 Å². The van der Waals surface area contributed by atoms with Crippen LogP contribution in [0, 0.1) is 0 Å². The van der Waals surface area contributed by atoms with Gasteiger partial charge >= 0.3 is 0 Å². The quantitative estimate of drug-likeness (QED) is 0.513. The van der Waals surface area contributed by atoms with Crippen LogP contribution in [-0.2, 0) is 13.3 Å². The monoisotopic (exact) mass is 474 g/mol. The number of hydrogen-bond donors (Lipinski definition) is 0. The summed E-state index contributed by atoms with van der Waals surface area (Å²) in [7, 11) is 1.62. The Morgan fingerprint density at radius 3 is 2.41 bits per heavy atom. The summed E-state index contributed by atoms with van der Waals surface area (Å²) in [6, 6.07) is 14.6. The normalized spacial score (nSPS) is 14.4. The van der Waals surface area contributed by atoms with Gasteiger partial charge in [0.1, 0.15) is 11.5 Å². The highest BCUT2D eigenvalue weighted by Gasteiger charge is 2.24. The Labute approximate surface area is 197 Å². The van der Waals surface area contributed by atoms with Gasteiger partial charge in [-0.2, -0.15) is 5.10 Å². The van der Waals surface area contributed by atoms with E-state index in [-0.39, 0.29) is 12.6 Å². The average molecular weight is 475 g/mol. The smallest absolute Gasteiger partial charge is 0.274 e. The van der Waals surface area contributed by atoms with Gasteiger partial charge in [0.05, 0.1) is 7.11 Å². The predicted octanol–water partition coefficient (Wildman–Crippen LogP) is 4.19. The molecule has 32 heavy (non-hydrogen) atoms. The van der Waals surface area contributed by atoms with E-state index in [0.717, 1.165) is 30.9 Å². The summed E-state index contributed by atoms with van der Waals surface area (Å²) in [5.41, 5.74) is 1.45. The van der Waals surface area contributed by atoms with Crippen molar-refractivity contribution in [1.29, 1.82) is 0 Å². The Bertz CT molecular complexity index is 1060. The van der Waals surface area contributed by atoms with Crippen molar-refractivity contribution in [3.63, 3.8) is 0 Å². The van der Waals surface area contributed by atoms with E-state index in [4.69, 9.17) is 32.7 Å². The Balaban J connectivity index is 1.27. The zero-order valence-corrected chi connectivity index (χ0v) is 19.2. The molecule has 0 unspecified atom stereocenters. The van der Waals surface area contributed by atoms with Gasteiger partial charge in [-0.15, -0.1) is 0 Å². The molecule has 1 aliphatic heterocycles. The van der Waals surface area contributed by atoms with Gasteiger partial charge in [-0.1, -0.05) is 29.3 Å². The fraction of sp³-hybridized carbons (Fsp3) is 0.304. The van der Waals surface area contributed by atoms with E-state index in [0.29, 0.717) is 34.6 Å². The lowest BCUT2D eigenvalue weighted by molar-refractivity contribution is 0.0621. The van der Waals surface area contributed by atoms with Crippen molar-refractivity contribution in [2.24, 2.45) is 0 Å². The molecular weight excluding hydrogens is 451 g/mol. The third-order valence-corrected chi connectivity index (χ3v) is 5.94. The van der Waals surface area contributed by atoms with Crippen LogP contribution in [0.2, 0.25) is 10.0 Å². The second-order valence-corrected chi connectivity index (χ2v) is 8.34. The number of piperazine rings is 1. The van der Waals surface area contributed by atoms with Crippen LogP contribution in [0.1, 0.15) is 16.1 Å². The van der Waals surface area contributed by atoms with E-state index in [2.05, 4.69) is 10.00 Å². The molecule has 1 aromatic heterocycles. The number of nitrogens with zero attached hydrogens (tertiary/aromatic N) is 4. The van der Waals surface area contributed by atoms with Crippen molar-refractivity contribution in [3.8, 4) is 11.5 Å². The Kier molecular flexibility index (Phi) is 7.19. The van der Waals surface area contributed by atoms with Crippen LogP contribution in [0.5, 0.6) is 11.5 Å². The minimum Gasteiger partial charge on any atom is -0.497 e. The molecule has 3 aromatic rings. The minimum atomic E-state index is -0.0719. The number of aromatic nitrogens is 2. The van der Waals surface area contributed by atoms with Crippen LogP contribution in [0.15, 0.2) is 54.7 Å². The number of halogens is 2. The Hall–Kier alpha value is -2.74. The Morgan fingerprint density at radius 2 is 1.72 bits per heavy atom. The first-order valence-corrected chi connectivity index (χ1v) is 11.0. The van der Waals surface area contributed by atoms with Gasteiger partial charge in [-0.25, -0.2) is 4.68 Å². The maximum Gasteiger partial charge on any atom is 0.274 e. The van der Waals surface area contributed by atoms with Crippen LogP contribution < -0.4 is 9.47 Å². The Morgan fingerprint density at radius 1 is 1.00 bits per heavy atom. The molecule has 7 nitrogen and oxygen atoms in total. The number of hydrogen-bond acceptors (Lipinski definition) is 5. The number of benzene rings is 2. The molecule has 1 aliphatic rings. The van der Waals surface area contributed by atoms with Gasteiger partial charge < -0.3 is 14.4 Å². The third kappa shape index (κ3) is 5.54. The summed E-state index contributed by atoms with van der Waals surface area (Å²) in [6.45, 7) is 3.76. The molecule has 0 N–H and O–H groups in total. The van der Waals surface area contributed by atoms with Crippen molar-refractivity contribution in [2.45, 2.75) is 13.3 Å². The summed E-state index contributed by atoms with van der Waals surface area (Å²) in [5.74, 6) is 1.39. The van der Waals surface area contributed by atoms with Gasteiger partial charge in [0.2, 0.25) is 0 Å². The summed E-state index contributed by atoms with van der Waals surface area (Å²) in [4.78, 5) is 17.0. The van der Waals surface area contributed by atoms with Gasteiger partial charge in [0.15, 0.2) is 12.4 Å². The average Bonchev–Trinajstić information content (AvgIpc) is 3.29. The number of rotatable bonds is 7. The summed E-state index contributed by atoms with van der Waals surface area (Å²) >= 11 is 12.3.